The molecule has 0 heterocycles. The second-order valence-electron chi connectivity index (χ2n) is 3.79. The van der Waals surface area contributed by atoms with Crippen molar-refractivity contribution < 1.29 is 0 Å². The average molecular weight is 200 g/mol. The van der Waals surface area contributed by atoms with Crippen LogP contribution in [0.5, 0.6) is 0 Å². The van der Waals surface area contributed by atoms with Gasteiger partial charge in [0.05, 0.1) is 11.6 Å². The predicted octanol–water partition coefficient (Wildman–Crippen LogP) is 2.96. The molecule has 15 heavy (non-hydrogen) atoms. The normalized spacial score (nSPS) is 9.40. The zero-order chi connectivity index (χ0) is 11.3. The average Bonchev–Trinajstić information content (AvgIpc) is 2.26. The van der Waals surface area contributed by atoms with Gasteiger partial charge in [0, 0.05) is 19.3 Å². The third-order valence-corrected chi connectivity index (χ3v) is 2.29. The van der Waals surface area contributed by atoms with Gasteiger partial charge in [-0.3, -0.25) is 0 Å². The number of hydrogen-bond donors (Lipinski definition) is 0. The standard InChI is InChI=1S/C13H16N2/c1-11(2)7-8-15(3)13-6-4-5-12(9-13)10-14/h4-6,9H,1,7-8H2,2-3H3. The molecule has 0 atom stereocenters. The Balaban J connectivity index is 2.69. The van der Waals surface area contributed by atoms with Crippen molar-refractivity contribution in [3.63, 3.8) is 0 Å². The first-order valence-electron chi connectivity index (χ1n) is 4.99. The first-order chi connectivity index (χ1) is 7.13. The number of rotatable bonds is 4. The fourth-order valence-electron chi connectivity index (χ4n) is 1.30. The van der Waals surface area contributed by atoms with Crippen molar-refractivity contribution >= 4 is 5.69 Å². The molecular weight excluding hydrogens is 184 g/mol. The highest BCUT2D eigenvalue weighted by Gasteiger charge is 2.01. The van der Waals surface area contributed by atoms with Crippen molar-refractivity contribution in [1.82, 2.24) is 0 Å². The van der Waals surface area contributed by atoms with Gasteiger partial charge in [-0.1, -0.05) is 11.6 Å². The Kier molecular flexibility index (Phi) is 3.93. The second kappa shape index (κ2) is 5.21. The van der Waals surface area contributed by atoms with Crippen molar-refractivity contribution in [2.24, 2.45) is 0 Å². The number of nitriles is 1. The summed E-state index contributed by atoms with van der Waals surface area (Å²) < 4.78 is 0. The zero-order valence-corrected chi connectivity index (χ0v) is 9.33. The largest absolute Gasteiger partial charge is 0.374 e. The van der Waals surface area contributed by atoms with Crippen LogP contribution in [0.2, 0.25) is 0 Å². The summed E-state index contributed by atoms with van der Waals surface area (Å²) >= 11 is 0. The number of benzene rings is 1. The second-order valence-corrected chi connectivity index (χ2v) is 3.79. The van der Waals surface area contributed by atoms with E-state index in [0.717, 1.165) is 18.7 Å². The Bertz CT molecular complexity index is 388. The summed E-state index contributed by atoms with van der Waals surface area (Å²) in [5.74, 6) is 0. The van der Waals surface area contributed by atoms with E-state index < -0.39 is 0 Å². The highest BCUT2D eigenvalue weighted by Crippen LogP contribution is 2.15. The molecule has 0 fully saturated rings. The minimum absolute atomic E-state index is 0.703. The van der Waals surface area contributed by atoms with Crippen molar-refractivity contribution in [2.75, 3.05) is 18.5 Å². The first kappa shape index (κ1) is 11.3. The molecule has 0 amide bonds. The third-order valence-electron chi connectivity index (χ3n) is 2.29. The number of hydrogen-bond acceptors (Lipinski definition) is 2. The number of nitrogens with zero attached hydrogens (tertiary/aromatic N) is 2. The van der Waals surface area contributed by atoms with E-state index in [0.29, 0.717) is 5.56 Å². The van der Waals surface area contributed by atoms with Crippen LogP contribution < -0.4 is 4.90 Å². The Hall–Kier alpha value is -1.75. The van der Waals surface area contributed by atoms with Crippen molar-refractivity contribution in [1.29, 1.82) is 5.26 Å². The van der Waals surface area contributed by atoms with Gasteiger partial charge in [-0.15, -0.1) is 6.58 Å². The first-order valence-corrected chi connectivity index (χ1v) is 4.99. The van der Waals surface area contributed by atoms with Crippen LogP contribution in [-0.4, -0.2) is 13.6 Å². The lowest BCUT2D eigenvalue weighted by Crippen LogP contribution is -2.18. The maximum Gasteiger partial charge on any atom is 0.0992 e. The quantitative estimate of drug-likeness (QED) is 0.699. The van der Waals surface area contributed by atoms with Crippen LogP contribution in [0, 0.1) is 11.3 Å². The van der Waals surface area contributed by atoms with E-state index in [2.05, 4.69) is 17.5 Å². The van der Waals surface area contributed by atoms with E-state index in [1.54, 1.807) is 0 Å². The summed E-state index contributed by atoms with van der Waals surface area (Å²) in [5, 5.41) is 8.78. The summed E-state index contributed by atoms with van der Waals surface area (Å²) in [4.78, 5) is 2.13. The molecule has 78 valence electrons. The maximum absolute atomic E-state index is 8.78. The van der Waals surface area contributed by atoms with Crippen LogP contribution in [0.3, 0.4) is 0 Å². The van der Waals surface area contributed by atoms with Crippen molar-refractivity contribution in [2.45, 2.75) is 13.3 Å². The molecule has 0 N–H and O–H groups in total. The molecular formula is C13H16N2. The Morgan fingerprint density at radius 3 is 2.87 bits per heavy atom. The predicted molar refractivity (Wildman–Crippen MR) is 63.9 cm³/mol. The maximum atomic E-state index is 8.78. The van der Waals surface area contributed by atoms with E-state index in [1.165, 1.54) is 5.57 Å². The third kappa shape index (κ3) is 3.47. The van der Waals surface area contributed by atoms with Gasteiger partial charge in [-0.2, -0.15) is 5.26 Å². The van der Waals surface area contributed by atoms with Crippen molar-refractivity contribution in [3.05, 3.63) is 42.0 Å². The molecule has 1 aromatic carbocycles. The Morgan fingerprint density at radius 1 is 1.53 bits per heavy atom. The van der Waals surface area contributed by atoms with E-state index in [1.807, 2.05) is 38.2 Å². The highest BCUT2D eigenvalue weighted by molar-refractivity contribution is 5.50. The Morgan fingerprint density at radius 2 is 2.27 bits per heavy atom. The molecule has 0 saturated heterocycles. The molecule has 0 saturated carbocycles. The van der Waals surface area contributed by atoms with E-state index >= 15 is 0 Å². The van der Waals surface area contributed by atoms with Gasteiger partial charge in [-0.25, -0.2) is 0 Å². The smallest absolute Gasteiger partial charge is 0.0992 e. The van der Waals surface area contributed by atoms with Gasteiger partial charge in [0.25, 0.3) is 0 Å². The molecule has 0 aliphatic rings. The molecule has 0 bridgehead atoms. The van der Waals surface area contributed by atoms with Gasteiger partial charge in [-0.05, 0) is 31.5 Å². The van der Waals surface area contributed by atoms with Gasteiger partial charge >= 0.3 is 0 Å². The topological polar surface area (TPSA) is 27.0 Å². The molecule has 0 spiro atoms. The number of anilines is 1. The molecule has 0 aliphatic heterocycles. The van der Waals surface area contributed by atoms with Gasteiger partial charge in [0.2, 0.25) is 0 Å². The molecule has 2 nitrogen and oxygen atoms in total. The fraction of sp³-hybridized carbons (Fsp3) is 0.308. The van der Waals surface area contributed by atoms with Crippen LogP contribution in [0.4, 0.5) is 5.69 Å². The van der Waals surface area contributed by atoms with Crippen LogP contribution in [0.25, 0.3) is 0 Å². The summed E-state index contributed by atoms with van der Waals surface area (Å²) in [6, 6.07) is 9.78. The zero-order valence-electron chi connectivity index (χ0n) is 9.33. The molecule has 0 radical (unpaired) electrons. The van der Waals surface area contributed by atoms with Gasteiger partial charge in [0.15, 0.2) is 0 Å². The summed E-state index contributed by atoms with van der Waals surface area (Å²) in [7, 11) is 2.03. The van der Waals surface area contributed by atoms with Crippen LogP contribution in [0.1, 0.15) is 18.9 Å². The molecule has 0 unspecified atom stereocenters. The summed E-state index contributed by atoms with van der Waals surface area (Å²) in [6.45, 7) is 6.84. The monoisotopic (exact) mass is 200 g/mol. The highest BCUT2D eigenvalue weighted by atomic mass is 15.1. The van der Waals surface area contributed by atoms with Crippen molar-refractivity contribution in [3.8, 4) is 6.07 Å². The van der Waals surface area contributed by atoms with E-state index in [-0.39, 0.29) is 0 Å². The molecule has 1 aromatic rings. The van der Waals surface area contributed by atoms with Gasteiger partial charge in [0.1, 0.15) is 0 Å². The minimum atomic E-state index is 0.703. The fourth-order valence-corrected chi connectivity index (χ4v) is 1.30. The van der Waals surface area contributed by atoms with Crippen LogP contribution in [-0.2, 0) is 0 Å². The van der Waals surface area contributed by atoms with Gasteiger partial charge < -0.3 is 4.90 Å². The lowest BCUT2D eigenvalue weighted by molar-refractivity contribution is 0.869. The van der Waals surface area contributed by atoms with E-state index in [9.17, 15) is 0 Å². The molecule has 2 heteroatoms. The SMILES string of the molecule is C=C(C)CCN(C)c1cccc(C#N)c1. The van der Waals surface area contributed by atoms with Crippen LogP contribution >= 0.6 is 0 Å². The molecule has 1 rings (SSSR count). The summed E-state index contributed by atoms with van der Waals surface area (Å²) in [6.07, 6.45) is 0.979. The molecule has 0 aliphatic carbocycles. The lowest BCUT2D eigenvalue weighted by Gasteiger charge is -2.19. The minimum Gasteiger partial charge on any atom is -0.374 e. The van der Waals surface area contributed by atoms with E-state index in [4.69, 9.17) is 5.26 Å². The lowest BCUT2D eigenvalue weighted by atomic mass is 10.2. The molecule has 0 aromatic heterocycles. The Labute approximate surface area is 91.4 Å². The van der Waals surface area contributed by atoms with Crippen LogP contribution in [0.15, 0.2) is 36.4 Å². The summed E-state index contributed by atoms with van der Waals surface area (Å²) in [5.41, 5.74) is 2.96.